The number of para-hydroxylation sites is 1. The first kappa shape index (κ1) is 15.2. The molecule has 0 saturated carbocycles. The molecule has 0 aliphatic rings. The van der Waals surface area contributed by atoms with Gasteiger partial charge in [-0.2, -0.15) is 0 Å². The second-order valence-corrected chi connectivity index (χ2v) is 5.45. The van der Waals surface area contributed by atoms with Crippen LogP contribution in [-0.2, 0) is 17.8 Å². The summed E-state index contributed by atoms with van der Waals surface area (Å²) in [4.78, 5) is 18.6. The number of carboxylic acid groups (broad SMARTS) is 1. The topological polar surface area (TPSA) is 118 Å². The minimum atomic E-state index is -1.01. The molecule has 0 fully saturated rings. The average Bonchev–Trinajstić information content (AvgIpc) is 2.98. The fraction of sp³-hybridized carbons (Fsp3) is 0.176. The predicted molar refractivity (Wildman–Crippen MR) is 88.7 cm³/mol. The summed E-state index contributed by atoms with van der Waals surface area (Å²) in [6.07, 6.45) is 3.85. The van der Waals surface area contributed by atoms with Crippen molar-refractivity contribution in [2.45, 2.75) is 19.0 Å². The van der Waals surface area contributed by atoms with Gasteiger partial charge in [0.05, 0.1) is 11.2 Å². The molecule has 0 spiro atoms. The second-order valence-electron chi connectivity index (χ2n) is 5.45. The Kier molecular flexibility index (Phi) is 4.10. The van der Waals surface area contributed by atoms with Crippen molar-refractivity contribution in [2.75, 3.05) is 0 Å². The molecular formula is C17H18N4O2. The van der Waals surface area contributed by atoms with Crippen LogP contribution in [-0.4, -0.2) is 27.1 Å². The number of nitrogens with two attached hydrogens (primary N) is 2. The van der Waals surface area contributed by atoms with E-state index < -0.39 is 12.0 Å². The third kappa shape index (κ3) is 2.94. The maximum atomic E-state index is 11.0. The van der Waals surface area contributed by atoms with Crippen LogP contribution in [0, 0.1) is 0 Å². The van der Waals surface area contributed by atoms with Crippen LogP contribution in [0.15, 0.2) is 42.7 Å². The van der Waals surface area contributed by atoms with E-state index in [1.165, 1.54) is 0 Å². The predicted octanol–water partition coefficient (Wildman–Crippen LogP) is 1.64. The van der Waals surface area contributed by atoms with Gasteiger partial charge in [-0.15, -0.1) is 0 Å². The first-order chi connectivity index (χ1) is 11.1. The monoisotopic (exact) mass is 310 g/mol. The van der Waals surface area contributed by atoms with Crippen LogP contribution >= 0.6 is 0 Å². The zero-order chi connectivity index (χ0) is 16.4. The number of aromatic nitrogens is 2. The summed E-state index contributed by atoms with van der Waals surface area (Å²) < 4.78 is 0. The number of pyridine rings is 1. The number of nitrogens with one attached hydrogen (secondary N) is 1. The number of hydrogen-bond acceptors (Lipinski definition) is 4. The summed E-state index contributed by atoms with van der Waals surface area (Å²) in [6, 6.07) is 8.82. The number of aliphatic carboxylic acids is 1. The van der Waals surface area contributed by atoms with Gasteiger partial charge >= 0.3 is 5.97 Å². The van der Waals surface area contributed by atoms with Gasteiger partial charge < -0.3 is 21.6 Å². The molecule has 0 amide bonds. The standard InChI is InChI=1S/C17H18N4O2/c18-7-10-4-5-15(20-8-10)13-3-1-2-12-11(9-21-16(12)13)6-14(19)17(22)23/h1-5,8-9,14,21H,6-7,18-19H2,(H,22,23)/t14-/m0/s1. The van der Waals surface area contributed by atoms with E-state index in [-0.39, 0.29) is 6.42 Å². The minimum Gasteiger partial charge on any atom is -0.480 e. The molecule has 0 unspecified atom stereocenters. The van der Waals surface area contributed by atoms with Crippen molar-refractivity contribution in [1.29, 1.82) is 0 Å². The molecule has 6 N–H and O–H groups in total. The van der Waals surface area contributed by atoms with Gasteiger partial charge in [0, 0.05) is 36.3 Å². The van der Waals surface area contributed by atoms with Gasteiger partial charge in [-0.3, -0.25) is 9.78 Å². The SMILES string of the molecule is NCc1ccc(-c2cccc3c(C[C@H](N)C(=O)O)c[nH]c23)nc1. The van der Waals surface area contributed by atoms with Crippen molar-refractivity contribution >= 4 is 16.9 Å². The van der Waals surface area contributed by atoms with E-state index in [2.05, 4.69) is 9.97 Å². The number of carbonyl (C=O) groups is 1. The van der Waals surface area contributed by atoms with Crippen molar-refractivity contribution in [3.05, 3.63) is 53.9 Å². The van der Waals surface area contributed by atoms with Gasteiger partial charge in [-0.05, 0) is 17.2 Å². The van der Waals surface area contributed by atoms with E-state index in [4.69, 9.17) is 16.6 Å². The Morgan fingerprint density at radius 2 is 2.13 bits per heavy atom. The van der Waals surface area contributed by atoms with Gasteiger partial charge in [-0.1, -0.05) is 24.3 Å². The van der Waals surface area contributed by atoms with E-state index in [9.17, 15) is 4.79 Å². The number of H-pyrrole nitrogens is 1. The minimum absolute atomic E-state index is 0.276. The molecule has 1 atom stereocenters. The van der Waals surface area contributed by atoms with Crippen molar-refractivity contribution in [2.24, 2.45) is 11.5 Å². The molecule has 0 saturated heterocycles. The Hall–Kier alpha value is -2.70. The maximum absolute atomic E-state index is 11.0. The van der Waals surface area contributed by atoms with Crippen molar-refractivity contribution in [1.82, 2.24) is 9.97 Å². The van der Waals surface area contributed by atoms with E-state index >= 15 is 0 Å². The second kappa shape index (κ2) is 6.20. The molecule has 2 aromatic heterocycles. The lowest BCUT2D eigenvalue weighted by atomic mass is 10.0. The molecule has 118 valence electrons. The van der Waals surface area contributed by atoms with Crippen LogP contribution in [0.1, 0.15) is 11.1 Å². The fourth-order valence-corrected chi connectivity index (χ4v) is 2.62. The fourth-order valence-electron chi connectivity index (χ4n) is 2.62. The Balaban J connectivity index is 2.02. The van der Waals surface area contributed by atoms with Crippen LogP contribution in [0.4, 0.5) is 0 Å². The lowest BCUT2D eigenvalue weighted by Gasteiger charge is -2.06. The molecular weight excluding hydrogens is 292 g/mol. The van der Waals surface area contributed by atoms with Crippen molar-refractivity contribution < 1.29 is 9.90 Å². The van der Waals surface area contributed by atoms with E-state index in [1.54, 1.807) is 6.20 Å². The van der Waals surface area contributed by atoms with Gasteiger partial charge in [0.15, 0.2) is 0 Å². The van der Waals surface area contributed by atoms with E-state index in [0.717, 1.165) is 33.3 Å². The summed E-state index contributed by atoms with van der Waals surface area (Å²) in [6.45, 7) is 0.456. The van der Waals surface area contributed by atoms with Crippen LogP contribution in [0.5, 0.6) is 0 Å². The highest BCUT2D eigenvalue weighted by molar-refractivity contribution is 5.95. The number of hydrogen-bond donors (Lipinski definition) is 4. The zero-order valence-electron chi connectivity index (χ0n) is 12.5. The summed E-state index contributed by atoms with van der Waals surface area (Å²) in [5.74, 6) is -1.01. The van der Waals surface area contributed by atoms with Crippen LogP contribution in [0.25, 0.3) is 22.2 Å². The number of benzene rings is 1. The molecule has 1 aromatic carbocycles. The molecule has 6 nitrogen and oxygen atoms in total. The lowest BCUT2D eigenvalue weighted by molar-refractivity contribution is -0.138. The highest BCUT2D eigenvalue weighted by Crippen LogP contribution is 2.29. The normalized spacial score (nSPS) is 12.4. The Morgan fingerprint density at radius 3 is 2.78 bits per heavy atom. The van der Waals surface area contributed by atoms with E-state index in [0.29, 0.717) is 6.54 Å². The summed E-state index contributed by atoms with van der Waals surface area (Å²) in [7, 11) is 0. The third-order valence-corrected chi connectivity index (χ3v) is 3.89. The first-order valence-electron chi connectivity index (χ1n) is 7.33. The Morgan fingerprint density at radius 1 is 1.30 bits per heavy atom. The third-order valence-electron chi connectivity index (χ3n) is 3.89. The molecule has 0 radical (unpaired) electrons. The molecule has 0 bridgehead atoms. The number of carboxylic acids is 1. The average molecular weight is 310 g/mol. The van der Waals surface area contributed by atoms with Gasteiger partial charge in [0.25, 0.3) is 0 Å². The summed E-state index contributed by atoms with van der Waals surface area (Å²) in [5.41, 5.74) is 15.8. The number of rotatable bonds is 5. The molecule has 0 aliphatic carbocycles. The number of fused-ring (bicyclic) bond motifs is 1. The first-order valence-corrected chi connectivity index (χ1v) is 7.33. The van der Waals surface area contributed by atoms with Crippen molar-refractivity contribution in [3.8, 4) is 11.3 Å². The van der Waals surface area contributed by atoms with Crippen LogP contribution < -0.4 is 11.5 Å². The largest absolute Gasteiger partial charge is 0.480 e. The van der Waals surface area contributed by atoms with Crippen LogP contribution in [0.3, 0.4) is 0 Å². The number of aromatic amines is 1. The Labute approximate surface area is 133 Å². The smallest absolute Gasteiger partial charge is 0.320 e. The summed E-state index contributed by atoms with van der Waals surface area (Å²) >= 11 is 0. The molecule has 2 heterocycles. The van der Waals surface area contributed by atoms with Gasteiger partial charge in [-0.25, -0.2) is 0 Å². The zero-order valence-corrected chi connectivity index (χ0v) is 12.5. The highest BCUT2D eigenvalue weighted by atomic mass is 16.4. The quantitative estimate of drug-likeness (QED) is 0.571. The molecule has 0 aliphatic heterocycles. The lowest BCUT2D eigenvalue weighted by Crippen LogP contribution is -2.32. The van der Waals surface area contributed by atoms with E-state index in [1.807, 2.05) is 36.5 Å². The number of nitrogens with zero attached hydrogens (tertiary/aromatic N) is 1. The van der Waals surface area contributed by atoms with Crippen LogP contribution in [0.2, 0.25) is 0 Å². The molecule has 23 heavy (non-hydrogen) atoms. The summed E-state index contributed by atoms with van der Waals surface area (Å²) in [5, 5.41) is 9.94. The molecule has 3 rings (SSSR count). The van der Waals surface area contributed by atoms with Gasteiger partial charge in [0.1, 0.15) is 6.04 Å². The Bertz CT molecular complexity index is 839. The highest BCUT2D eigenvalue weighted by Gasteiger charge is 2.16. The van der Waals surface area contributed by atoms with Gasteiger partial charge in [0.2, 0.25) is 0 Å². The maximum Gasteiger partial charge on any atom is 0.320 e. The molecule has 3 aromatic rings. The van der Waals surface area contributed by atoms with Crippen molar-refractivity contribution in [3.63, 3.8) is 0 Å². The molecule has 6 heteroatoms.